The summed E-state index contributed by atoms with van der Waals surface area (Å²) in [5.74, 6) is 0.165. The number of non-ortho nitro benzene ring substituents is 1. The molecule has 27 heavy (non-hydrogen) atoms. The van der Waals surface area contributed by atoms with Gasteiger partial charge in [0.15, 0.2) is 11.9 Å². The zero-order chi connectivity index (χ0) is 19.0. The number of ketones is 1. The number of carbonyl (C=O) groups excluding carboxylic acids is 1. The van der Waals surface area contributed by atoms with Crippen LogP contribution in [0.3, 0.4) is 0 Å². The molecule has 3 unspecified atom stereocenters. The van der Waals surface area contributed by atoms with Crippen LogP contribution in [0, 0.1) is 16.0 Å². The standard InChI is InChI=1S/C21H17NO5/c1-13-16-12-15(22(24)25)9-10-17(16)27-21(18-8-5-11-26-18)19(13)20(23)14-6-3-2-4-7-14/h2-13,19,21H,1H3. The van der Waals surface area contributed by atoms with E-state index >= 15 is 0 Å². The summed E-state index contributed by atoms with van der Waals surface area (Å²) in [6.45, 7) is 1.90. The molecule has 2 aromatic carbocycles. The van der Waals surface area contributed by atoms with Gasteiger partial charge in [0, 0.05) is 23.3 Å². The largest absolute Gasteiger partial charge is 0.481 e. The highest BCUT2D eigenvalue weighted by Gasteiger charge is 2.43. The fourth-order valence-corrected chi connectivity index (χ4v) is 3.63. The van der Waals surface area contributed by atoms with Gasteiger partial charge in [-0.3, -0.25) is 14.9 Å². The van der Waals surface area contributed by atoms with E-state index in [0.717, 1.165) is 0 Å². The minimum atomic E-state index is -0.600. The maximum absolute atomic E-state index is 13.3. The van der Waals surface area contributed by atoms with Crippen LogP contribution in [0.4, 0.5) is 5.69 Å². The van der Waals surface area contributed by atoms with E-state index in [0.29, 0.717) is 22.6 Å². The normalized spacial score (nSPS) is 21.1. The first-order valence-corrected chi connectivity index (χ1v) is 8.64. The van der Waals surface area contributed by atoms with E-state index in [1.807, 2.05) is 25.1 Å². The number of carbonyl (C=O) groups is 1. The number of Topliss-reactive ketones (excluding diaryl/α,β-unsaturated/α-hetero) is 1. The number of hydrogen-bond acceptors (Lipinski definition) is 5. The second kappa shape index (κ2) is 6.72. The Morgan fingerprint density at radius 2 is 1.85 bits per heavy atom. The first-order chi connectivity index (χ1) is 13.1. The molecule has 0 bridgehead atoms. The zero-order valence-corrected chi connectivity index (χ0v) is 14.6. The van der Waals surface area contributed by atoms with Crippen LogP contribution in [0.2, 0.25) is 0 Å². The van der Waals surface area contributed by atoms with Crippen molar-refractivity contribution in [3.8, 4) is 5.75 Å². The molecule has 4 rings (SSSR count). The summed E-state index contributed by atoms with van der Waals surface area (Å²) in [7, 11) is 0. The van der Waals surface area contributed by atoms with Crippen LogP contribution in [0.25, 0.3) is 0 Å². The van der Waals surface area contributed by atoms with E-state index in [1.54, 1.807) is 36.6 Å². The monoisotopic (exact) mass is 363 g/mol. The minimum Gasteiger partial charge on any atom is -0.481 e. The molecule has 0 N–H and O–H groups in total. The molecule has 1 aromatic heterocycles. The lowest BCUT2D eigenvalue weighted by atomic mass is 9.76. The van der Waals surface area contributed by atoms with Crippen molar-refractivity contribution in [2.45, 2.75) is 18.9 Å². The third kappa shape index (κ3) is 2.99. The van der Waals surface area contributed by atoms with Gasteiger partial charge in [0.25, 0.3) is 5.69 Å². The second-order valence-electron chi connectivity index (χ2n) is 6.58. The van der Waals surface area contributed by atoms with Crippen LogP contribution in [0.1, 0.15) is 40.6 Å². The maximum atomic E-state index is 13.3. The molecule has 3 aromatic rings. The van der Waals surface area contributed by atoms with E-state index in [1.165, 1.54) is 12.1 Å². The summed E-state index contributed by atoms with van der Waals surface area (Å²) >= 11 is 0. The molecule has 1 aliphatic heterocycles. The van der Waals surface area contributed by atoms with Crippen molar-refractivity contribution in [2.75, 3.05) is 0 Å². The molecule has 0 radical (unpaired) electrons. The maximum Gasteiger partial charge on any atom is 0.269 e. The minimum absolute atomic E-state index is 0.0217. The van der Waals surface area contributed by atoms with Crippen molar-refractivity contribution in [2.24, 2.45) is 5.92 Å². The van der Waals surface area contributed by atoms with Crippen molar-refractivity contribution in [3.63, 3.8) is 0 Å². The summed E-state index contributed by atoms with van der Waals surface area (Å²) in [6, 6.07) is 17.0. The van der Waals surface area contributed by atoms with Crippen molar-refractivity contribution in [1.82, 2.24) is 0 Å². The molecule has 136 valence electrons. The van der Waals surface area contributed by atoms with Crippen LogP contribution in [-0.2, 0) is 0 Å². The van der Waals surface area contributed by atoms with Gasteiger partial charge in [0.2, 0.25) is 0 Å². The van der Waals surface area contributed by atoms with Gasteiger partial charge in [-0.25, -0.2) is 0 Å². The number of furan rings is 1. The van der Waals surface area contributed by atoms with Crippen molar-refractivity contribution in [3.05, 3.63) is 93.9 Å². The molecular formula is C21H17NO5. The Labute approximate surface area is 155 Å². The molecule has 0 fully saturated rings. The van der Waals surface area contributed by atoms with E-state index in [9.17, 15) is 14.9 Å². The highest BCUT2D eigenvalue weighted by Crippen LogP contribution is 2.48. The van der Waals surface area contributed by atoms with Crippen LogP contribution in [-0.4, -0.2) is 10.7 Å². The lowest BCUT2D eigenvalue weighted by molar-refractivity contribution is -0.385. The summed E-state index contributed by atoms with van der Waals surface area (Å²) in [5, 5.41) is 11.2. The fourth-order valence-electron chi connectivity index (χ4n) is 3.63. The fraction of sp³-hybridized carbons (Fsp3) is 0.190. The lowest BCUT2D eigenvalue weighted by Crippen LogP contribution is -2.34. The highest BCUT2D eigenvalue weighted by atomic mass is 16.6. The number of nitro benzene ring substituents is 1. The Balaban J connectivity index is 1.82. The lowest BCUT2D eigenvalue weighted by Gasteiger charge is -2.36. The van der Waals surface area contributed by atoms with Gasteiger partial charge < -0.3 is 9.15 Å². The Hall–Kier alpha value is -3.41. The van der Waals surface area contributed by atoms with E-state index in [2.05, 4.69) is 0 Å². The number of nitro groups is 1. The molecule has 2 heterocycles. The van der Waals surface area contributed by atoms with Gasteiger partial charge in [0.1, 0.15) is 11.5 Å². The summed E-state index contributed by atoms with van der Waals surface area (Å²) in [4.78, 5) is 24.0. The van der Waals surface area contributed by atoms with Gasteiger partial charge >= 0.3 is 0 Å². The summed E-state index contributed by atoms with van der Waals surface area (Å²) < 4.78 is 11.6. The van der Waals surface area contributed by atoms with Crippen molar-refractivity contribution >= 4 is 11.5 Å². The number of nitrogens with zero attached hydrogens (tertiary/aromatic N) is 1. The van der Waals surface area contributed by atoms with Crippen LogP contribution in [0.15, 0.2) is 71.3 Å². The Bertz CT molecular complexity index is 981. The van der Waals surface area contributed by atoms with Gasteiger partial charge in [0.05, 0.1) is 17.1 Å². The predicted molar refractivity (Wildman–Crippen MR) is 97.9 cm³/mol. The molecule has 0 spiro atoms. The first kappa shape index (κ1) is 17.0. The molecule has 0 aliphatic carbocycles. The molecule has 1 aliphatic rings. The quantitative estimate of drug-likeness (QED) is 0.373. The zero-order valence-electron chi connectivity index (χ0n) is 14.6. The second-order valence-corrected chi connectivity index (χ2v) is 6.58. The number of ether oxygens (including phenoxy) is 1. The topological polar surface area (TPSA) is 82.6 Å². The number of fused-ring (bicyclic) bond motifs is 1. The average molecular weight is 363 g/mol. The number of rotatable bonds is 4. The molecule has 0 saturated heterocycles. The predicted octanol–water partition coefficient (Wildman–Crippen LogP) is 4.92. The van der Waals surface area contributed by atoms with Crippen LogP contribution in [0.5, 0.6) is 5.75 Å². The first-order valence-electron chi connectivity index (χ1n) is 8.64. The third-order valence-corrected chi connectivity index (χ3v) is 5.00. The third-order valence-electron chi connectivity index (χ3n) is 5.00. The number of hydrogen-bond donors (Lipinski definition) is 0. The van der Waals surface area contributed by atoms with Gasteiger partial charge in [-0.05, 0) is 24.1 Å². The highest BCUT2D eigenvalue weighted by molar-refractivity contribution is 5.99. The molecule has 0 amide bonds. The van der Waals surface area contributed by atoms with E-state index < -0.39 is 16.9 Å². The van der Waals surface area contributed by atoms with Gasteiger partial charge in [-0.1, -0.05) is 37.3 Å². The summed E-state index contributed by atoms with van der Waals surface area (Å²) in [5.41, 5.74) is 1.20. The van der Waals surface area contributed by atoms with Crippen molar-refractivity contribution in [1.29, 1.82) is 0 Å². The van der Waals surface area contributed by atoms with Crippen LogP contribution >= 0.6 is 0 Å². The van der Waals surface area contributed by atoms with Gasteiger partial charge in [-0.2, -0.15) is 0 Å². The number of benzene rings is 2. The van der Waals surface area contributed by atoms with E-state index in [-0.39, 0.29) is 17.4 Å². The Kier molecular flexibility index (Phi) is 4.24. The van der Waals surface area contributed by atoms with Crippen LogP contribution < -0.4 is 4.74 Å². The molecule has 0 saturated carbocycles. The average Bonchev–Trinajstić information content (AvgIpc) is 3.22. The van der Waals surface area contributed by atoms with E-state index in [4.69, 9.17) is 9.15 Å². The van der Waals surface area contributed by atoms with Crippen molar-refractivity contribution < 1.29 is 18.9 Å². The molecular weight excluding hydrogens is 346 g/mol. The molecule has 6 nitrogen and oxygen atoms in total. The van der Waals surface area contributed by atoms with Gasteiger partial charge in [-0.15, -0.1) is 0 Å². The summed E-state index contributed by atoms with van der Waals surface area (Å²) in [6.07, 6.45) is 0.940. The smallest absolute Gasteiger partial charge is 0.269 e. The Morgan fingerprint density at radius 1 is 1.07 bits per heavy atom. The SMILES string of the molecule is CC1c2cc([N+](=O)[O-])ccc2OC(c2ccco2)C1C(=O)c1ccccc1. The molecule has 6 heteroatoms. The Morgan fingerprint density at radius 3 is 2.52 bits per heavy atom. The molecule has 3 atom stereocenters.